The molecule has 0 bridgehead atoms. The van der Waals surface area contributed by atoms with Crippen LogP contribution in [0.5, 0.6) is 11.5 Å². The van der Waals surface area contributed by atoms with Gasteiger partial charge in [0.15, 0.2) is 23.9 Å². The van der Waals surface area contributed by atoms with E-state index in [1.54, 1.807) is 0 Å². The summed E-state index contributed by atoms with van der Waals surface area (Å²) in [5, 5.41) is 11.7. The Morgan fingerprint density at radius 3 is 2.50 bits per heavy atom. The number of fused-ring (bicyclic) bond motifs is 1. The number of hydrogen-bond donors (Lipinski definition) is 0. The molecule has 2 aliphatic heterocycles. The first-order chi connectivity index (χ1) is 20.7. The van der Waals surface area contributed by atoms with Gasteiger partial charge in [-0.15, -0.1) is 8.78 Å². The van der Waals surface area contributed by atoms with Crippen LogP contribution < -0.4 is 14.2 Å². The van der Waals surface area contributed by atoms with Crippen molar-refractivity contribution in [1.29, 1.82) is 0 Å². The Bertz CT molecular complexity index is 1720. The number of halogens is 4. The molecule has 3 heterocycles. The maximum atomic E-state index is 13.7. The summed E-state index contributed by atoms with van der Waals surface area (Å²) in [6, 6.07) is 8.03. The van der Waals surface area contributed by atoms with Crippen LogP contribution in [0.25, 0.3) is 0 Å². The van der Waals surface area contributed by atoms with Crippen LogP contribution in [0.4, 0.5) is 8.78 Å². The van der Waals surface area contributed by atoms with E-state index in [-0.39, 0.29) is 62.5 Å². The minimum absolute atomic E-state index is 0.0115. The number of amides is 1. The van der Waals surface area contributed by atoms with Crippen molar-refractivity contribution in [2.45, 2.75) is 42.6 Å². The predicted octanol–water partition coefficient (Wildman–Crippen LogP) is 4.33. The number of hydrogen-bond acceptors (Lipinski definition) is 8. The lowest BCUT2D eigenvalue weighted by atomic mass is 10.0. The molecule has 0 saturated carbocycles. The van der Waals surface area contributed by atoms with Gasteiger partial charge in [0.25, 0.3) is 5.91 Å². The van der Waals surface area contributed by atoms with E-state index in [4.69, 9.17) is 27.9 Å². The van der Waals surface area contributed by atoms with E-state index in [0.29, 0.717) is 11.2 Å². The van der Waals surface area contributed by atoms with Gasteiger partial charge in [-0.2, -0.15) is 9.04 Å². The molecule has 11 nitrogen and oxygen atoms in total. The monoisotopic (exact) mass is 671 g/mol. The Hall–Kier alpha value is -3.72. The molecular weight excluding hydrogens is 647 g/mol. The number of ether oxygens (including phenoxy) is 3. The molecule has 2 aromatic carbocycles. The normalized spacial score (nSPS) is 18.2. The van der Waals surface area contributed by atoms with Gasteiger partial charge in [0.2, 0.25) is 10.0 Å². The lowest BCUT2D eigenvalue weighted by Crippen LogP contribution is -2.42. The zero-order valence-electron chi connectivity index (χ0n) is 23.2. The second-order valence-corrected chi connectivity index (χ2v) is 13.0. The lowest BCUT2D eigenvalue weighted by molar-refractivity contribution is -0.605. The third kappa shape index (κ3) is 6.39. The van der Waals surface area contributed by atoms with Crippen LogP contribution in [0.2, 0.25) is 10.0 Å². The smallest absolute Gasteiger partial charge is 0.586 e. The van der Waals surface area contributed by atoms with Crippen molar-refractivity contribution in [3.05, 3.63) is 86.8 Å². The van der Waals surface area contributed by atoms with Gasteiger partial charge in [-0.25, -0.2) is 8.42 Å². The van der Waals surface area contributed by atoms with Gasteiger partial charge in [0.05, 0.1) is 4.90 Å². The van der Waals surface area contributed by atoms with Crippen LogP contribution in [0.15, 0.2) is 59.8 Å². The van der Waals surface area contributed by atoms with Crippen molar-refractivity contribution in [3.8, 4) is 11.5 Å². The standard InChI is InChI=1S/C28H25Cl2F2N3O8S/c1-33(2)26(36)17-5-3-6-18(11-17)44(39,40)35-10-4-7-22(35)27(37)41-24(13-19-20(29)14-34(38)15-21(19)30)16-8-9-23-25(12-16)43-28(31,32)42-23/h3,5-6,8-9,11-12,14-15,22,24H,4,7,10,13H2,1-2H3/t22-,24+/m0/s1. The molecule has 5 rings (SSSR count). The molecule has 0 unspecified atom stereocenters. The molecule has 44 heavy (non-hydrogen) atoms. The first kappa shape index (κ1) is 31.7. The quantitative estimate of drug-likeness (QED) is 0.197. The number of benzene rings is 2. The third-order valence-corrected chi connectivity index (χ3v) is 9.63. The number of esters is 1. The minimum Gasteiger partial charge on any atom is -0.619 e. The molecule has 1 aromatic heterocycles. The summed E-state index contributed by atoms with van der Waals surface area (Å²) < 4.78 is 71.0. The van der Waals surface area contributed by atoms with Crippen molar-refractivity contribution in [1.82, 2.24) is 9.21 Å². The van der Waals surface area contributed by atoms with E-state index in [1.807, 2.05) is 0 Å². The average molecular weight is 672 g/mol. The van der Waals surface area contributed by atoms with Crippen LogP contribution in [0, 0.1) is 5.21 Å². The van der Waals surface area contributed by atoms with Crippen LogP contribution in [0.3, 0.4) is 0 Å². The first-order valence-corrected chi connectivity index (χ1v) is 15.4. The average Bonchev–Trinajstić information content (AvgIpc) is 3.57. The zero-order valence-corrected chi connectivity index (χ0v) is 25.5. The highest BCUT2D eigenvalue weighted by Gasteiger charge is 2.44. The van der Waals surface area contributed by atoms with Gasteiger partial charge >= 0.3 is 12.3 Å². The molecule has 0 aliphatic carbocycles. The molecular formula is C28H25Cl2F2N3O8S. The summed E-state index contributed by atoms with van der Waals surface area (Å²) in [6.07, 6.45) is -2.75. The summed E-state index contributed by atoms with van der Waals surface area (Å²) in [4.78, 5) is 27.2. The van der Waals surface area contributed by atoms with Crippen molar-refractivity contribution in [2.75, 3.05) is 20.6 Å². The Balaban J connectivity index is 1.45. The highest BCUT2D eigenvalue weighted by molar-refractivity contribution is 7.89. The fourth-order valence-corrected chi connectivity index (χ4v) is 7.26. The first-order valence-electron chi connectivity index (χ1n) is 13.2. The summed E-state index contributed by atoms with van der Waals surface area (Å²) in [6.45, 7) is 0.0115. The molecule has 3 aromatic rings. The van der Waals surface area contributed by atoms with E-state index < -0.39 is 40.3 Å². The number of alkyl halides is 2. The van der Waals surface area contributed by atoms with E-state index >= 15 is 0 Å². The molecule has 1 fully saturated rings. The maximum Gasteiger partial charge on any atom is 0.586 e. The molecule has 0 N–H and O–H groups in total. The summed E-state index contributed by atoms with van der Waals surface area (Å²) in [5.74, 6) is -1.87. The van der Waals surface area contributed by atoms with Crippen molar-refractivity contribution < 1.29 is 45.7 Å². The van der Waals surface area contributed by atoms with Gasteiger partial charge in [-0.3, -0.25) is 9.59 Å². The number of sulfonamides is 1. The SMILES string of the molecule is CN(C)C(=O)c1cccc(S(=O)(=O)N2CCC[C@H]2C(=O)O[C@H](Cc2c(Cl)c[n+]([O-])cc2Cl)c2ccc3c(c2)OC(F)(F)O3)c1. The number of rotatable bonds is 8. The van der Waals surface area contributed by atoms with E-state index in [1.165, 1.54) is 61.5 Å². The molecule has 2 aliphatic rings. The van der Waals surface area contributed by atoms with Crippen LogP contribution >= 0.6 is 23.2 Å². The van der Waals surface area contributed by atoms with Gasteiger partial charge in [0.1, 0.15) is 22.2 Å². The van der Waals surface area contributed by atoms with Crippen molar-refractivity contribution in [2.24, 2.45) is 0 Å². The Morgan fingerprint density at radius 1 is 1.14 bits per heavy atom. The fourth-order valence-electron chi connectivity index (χ4n) is 4.97. The zero-order chi connectivity index (χ0) is 32.0. The molecule has 1 saturated heterocycles. The number of aromatic nitrogens is 1. The molecule has 1 amide bonds. The second kappa shape index (κ2) is 12.0. The summed E-state index contributed by atoms with van der Waals surface area (Å²) >= 11 is 12.5. The Labute approximate surface area is 261 Å². The minimum atomic E-state index is -4.25. The van der Waals surface area contributed by atoms with E-state index in [0.717, 1.165) is 16.7 Å². The number of carbonyl (C=O) groups is 2. The van der Waals surface area contributed by atoms with Crippen LogP contribution in [-0.4, -0.2) is 62.5 Å². The number of nitrogens with zero attached hydrogens (tertiary/aromatic N) is 3. The highest BCUT2D eigenvalue weighted by Crippen LogP contribution is 2.43. The number of carbonyl (C=O) groups excluding carboxylic acids is 2. The van der Waals surface area contributed by atoms with E-state index in [9.17, 15) is 32.0 Å². The van der Waals surface area contributed by atoms with Gasteiger partial charge in [-0.1, -0.05) is 35.3 Å². The third-order valence-electron chi connectivity index (χ3n) is 7.07. The van der Waals surface area contributed by atoms with Gasteiger partial charge in [-0.05, 0) is 48.7 Å². The molecule has 0 radical (unpaired) electrons. The van der Waals surface area contributed by atoms with Crippen LogP contribution in [0.1, 0.15) is 40.4 Å². The maximum absolute atomic E-state index is 13.7. The van der Waals surface area contributed by atoms with E-state index in [2.05, 4.69) is 9.47 Å². The Morgan fingerprint density at radius 2 is 1.82 bits per heavy atom. The fraction of sp³-hybridized carbons (Fsp3) is 0.321. The van der Waals surface area contributed by atoms with Crippen molar-refractivity contribution in [3.63, 3.8) is 0 Å². The van der Waals surface area contributed by atoms with Gasteiger partial charge < -0.3 is 24.3 Å². The van der Waals surface area contributed by atoms with Crippen molar-refractivity contribution >= 4 is 45.1 Å². The molecule has 2 atom stereocenters. The Kier molecular flexibility index (Phi) is 8.64. The van der Waals surface area contributed by atoms with Crippen LogP contribution in [-0.2, 0) is 26.0 Å². The predicted molar refractivity (Wildman–Crippen MR) is 152 cm³/mol. The summed E-state index contributed by atoms with van der Waals surface area (Å²) in [5.41, 5.74) is 0.560. The largest absolute Gasteiger partial charge is 0.619 e. The lowest BCUT2D eigenvalue weighted by Gasteiger charge is -2.26. The topological polar surface area (TPSA) is 129 Å². The molecule has 234 valence electrons. The highest BCUT2D eigenvalue weighted by atomic mass is 35.5. The molecule has 0 spiro atoms. The number of pyridine rings is 1. The second-order valence-electron chi connectivity index (χ2n) is 10.3. The van der Waals surface area contributed by atoms with Gasteiger partial charge in [0, 0.05) is 38.2 Å². The summed E-state index contributed by atoms with van der Waals surface area (Å²) in [7, 11) is -1.18. The molecule has 16 heteroatoms.